The van der Waals surface area contributed by atoms with Crippen LogP contribution in [0, 0.1) is 12.3 Å². The van der Waals surface area contributed by atoms with Gasteiger partial charge in [-0.2, -0.15) is 5.10 Å². The first-order valence-corrected chi connectivity index (χ1v) is 9.80. The predicted octanol–water partition coefficient (Wildman–Crippen LogP) is 3.80. The lowest BCUT2D eigenvalue weighted by Gasteiger charge is -2.20. The van der Waals surface area contributed by atoms with Gasteiger partial charge in [0.2, 0.25) is 11.8 Å². The number of para-hydroxylation sites is 1. The molecule has 0 aliphatic heterocycles. The zero-order chi connectivity index (χ0) is 21.1. The van der Waals surface area contributed by atoms with Gasteiger partial charge in [0, 0.05) is 17.4 Å². The molecular weight excluding hydrogens is 376 g/mol. The van der Waals surface area contributed by atoms with E-state index in [-0.39, 0.29) is 29.7 Å². The Labute approximate surface area is 171 Å². The molecular formula is C21H29ClN4O2. The number of hydrogen-bond acceptors (Lipinski definition) is 3. The first-order chi connectivity index (χ1) is 13.0. The Morgan fingerprint density at radius 3 is 2.36 bits per heavy atom. The number of aromatic nitrogens is 2. The average Bonchev–Trinajstić information content (AvgIpc) is 3.03. The lowest BCUT2D eigenvalue weighted by Crippen LogP contribution is -2.42. The Bertz CT molecular complexity index is 866. The van der Waals surface area contributed by atoms with Gasteiger partial charge in [-0.3, -0.25) is 9.59 Å². The van der Waals surface area contributed by atoms with Crippen LogP contribution < -0.4 is 10.6 Å². The molecule has 2 aromatic rings. The van der Waals surface area contributed by atoms with Crippen molar-refractivity contribution in [2.75, 3.05) is 17.7 Å². The number of nitrogens with zero attached hydrogens (tertiary/aromatic N) is 2. The largest absolute Gasteiger partial charge is 0.347 e. The van der Waals surface area contributed by atoms with Crippen LogP contribution in [0.2, 0.25) is 0 Å². The summed E-state index contributed by atoms with van der Waals surface area (Å²) in [5.74, 6) is 0.152. The third-order valence-corrected chi connectivity index (χ3v) is 5.12. The molecule has 2 amide bonds. The van der Waals surface area contributed by atoms with Crippen LogP contribution in [0.25, 0.3) is 5.69 Å². The second-order valence-corrected chi connectivity index (χ2v) is 8.88. The van der Waals surface area contributed by atoms with E-state index < -0.39 is 5.41 Å². The van der Waals surface area contributed by atoms with Gasteiger partial charge >= 0.3 is 0 Å². The van der Waals surface area contributed by atoms with E-state index in [1.165, 1.54) is 0 Å². The molecule has 0 saturated heterocycles. The van der Waals surface area contributed by atoms with Gasteiger partial charge in [-0.1, -0.05) is 39.0 Å². The fraction of sp³-hybridized carbons (Fsp3) is 0.476. The number of halogens is 1. The number of carbonyl (C=O) groups excluding carboxylic acids is 2. The van der Waals surface area contributed by atoms with Crippen molar-refractivity contribution in [1.82, 2.24) is 15.1 Å². The van der Waals surface area contributed by atoms with Crippen molar-refractivity contribution in [3.05, 3.63) is 41.6 Å². The van der Waals surface area contributed by atoms with Gasteiger partial charge in [0.15, 0.2) is 0 Å². The van der Waals surface area contributed by atoms with Gasteiger partial charge in [0.05, 0.1) is 23.3 Å². The zero-order valence-electron chi connectivity index (χ0n) is 17.4. The maximum atomic E-state index is 12.5. The van der Waals surface area contributed by atoms with E-state index in [1.54, 1.807) is 18.5 Å². The topological polar surface area (TPSA) is 76.0 Å². The molecule has 152 valence electrons. The molecule has 0 spiro atoms. The lowest BCUT2D eigenvalue weighted by molar-refractivity contribution is -0.130. The molecule has 0 saturated carbocycles. The van der Waals surface area contributed by atoms with Crippen molar-refractivity contribution in [1.29, 1.82) is 0 Å². The third kappa shape index (κ3) is 5.13. The summed E-state index contributed by atoms with van der Waals surface area (Å²) in [6.07, 6.45) is 0. The standard InChI is InChI=1S/C21H29ClN4O2/c1-14-9-7-8-10-15(14)26-17(11-16(25-26)20(2,3)4)24-18(27)12-23-19(28)21(5,6)13-22/h7-11H,12-13H2,1-6H3,(H,23,28)(H,24,27). The number of benzene rings is 1. The van der Waals surface area contributed by atoms with E-state index in [9.17, 15) is 9.59 Å². The lowest BCUT2D eigenvalue weighted by atomic mass is 9.92. The number of nitrogens with one attached hydrogen (secondary N) is 2. The molecule has 0 aliphatic rings. The molecule has 7 heteroatoms. The summed E-state index contributed by atoms with van der Waals surface area (Å²) in [5, 5.41) is 10.2. The molecule has 0 unspecified atom stereocenters. The van der Waals surface area contributed by atoms with E-state index in [4.69, 9.17) is 16.7 Å². The summed E-state index contributed by atoms with van der Waals surface area (Å²) in [5.41, 5.74) is 1.88. The number of anilines is 1. The maximum absolute atomic E-state index is 12.5. The van der Waals surface area contributed by atoms with E-state index in [1.807, 2.05) is 37.3 Å². The van der Waals surface area contributed by atoms with Crippen molar-refractivity contribution in [2.24, 2.45) is 5.41 Å². The van der Waals surface area contributed by atoms with Crippen LogP contribution in [0.4, 0.5) is 5.82 Å². The summed E-state index contributed by atoms with van der Waals surface area (Å²) in [4.78, 5) is 24.6. The highest BCUT2D eigenvalue weighted by molar-refractivity contribution is 6.19. The van der Waals surface area contributed by atoms with Gasteiger partial charge < -0.3 is 10.6 Å². The summed E-state index contributed by atoms with van der Waals surface area (Å²) in [6, 6.07) is 9.71. The normalized spacial score (nSPS) is 12.0. The van der Waals surface area contributed by atoms with Crippen LogP contribution >= 0.6 is 11.6 Å². The first kappa shape index (κ1) is 22.0. The highest BCUT2D eigenvalue weighted by Crippen LogP contribution is 2.27. The fourth-order valence-corrected chi connectivity index (χ4v) is 2.59. The number of alkyl halides is 1. The second-order valence-electron chi connectivity index (χ2n) is 8.61. The molecule has 0 atom stereocenters. The van der Waals surface area contributed by atoms with Crippen molar-refractivity contribution >= 4 is 29.2 Å². The maximum Gasteiger partial charge on any atom is 0.244 e. The number of hydrogen-bond donors (Lipinski definition) is 2. The molecule has 0 aliphatic carbocycles. The van der Waals surface area contributed by atoms with Gasteiger partial charge in [0.25, 0.3) is 0 Å². The van der Waals surface area contributed by atoms with Gasteiger partial charge in [-0.15, -0.1) is 11.6 Å². The van der Waals surface area contributed by atoms with Crippen molar-refractivity contribution in [3.63, 3.8) is 0 Å². The smallest absolute Gasteiger partial charge is 0.244 e. The van der Waals surface area contributed by atoms with Gasteiger partial charge in [-0.25, -0.2) is 4.68 Å². The van der Waals surface area contributed by atoms with E-state index >= 15 is 0 Å². The Morgan fingerprint density at radius 1 is 1.14 bits per heavy atom. The van der Waals surface area contributed by atoms with E-state index in [0.29, 0.717) is 5.82 Å². The Kier molecular flexibility index (Phi) is 6.55. The quantitative estimate of drug-likeness (QED) is 0.719. The fourth-order valence-electron chi connectivity index (χ4n) is 2.47. The number of amides is 2. The van der Waals surface area contributed by atoms with Crippen LogP contribution in [0.5, 0.6) is 0 Å². The summed E-state index contributed by atoms with van der Waals surface area (Å²) >= 11 is 5.81. The molecule has 28 heavy (non-hydrogen) atoms. The molecule has 6 nitrogen and oxygen atoms in total. The van der Waals surface area contributed by atoms with Crippen LogP contribution in [0.15, 0.2) is 30.3 Å². The van der Waals surface area contributed by atoms with E-state index in [0.717, 1.165) is 16.9 Å². The predicted molar refractivity (Wildman–Crippen MR) is 113 cm³/mol. The highest BCUT2D eigenvalue weighted by Gasteiger charge is 2.27. The molecule has 2 rings (SSSR count). The molecule has 2 N–H and O–H groups in total. The van der Waals surface area contributed by atoms with Crippen molar-refractivity contribution in [3.8, 4) is 5.69 Å². The monoisotopic (exact) mass is 404 g/mol. The average molecular weight is 405 g/mol. The molecule has 0 bridgehead atoms. The Hall–Kier alpha value is -2.34. The number of carbonyl (C=O) groups is 2. The molecule has 1 aromatic heterocycles. The minimum absolute atomic E-state index is 0.136. The summed E-state index contributed by atoms with van der Waals surface area (Å²) in [7, 11) is 0. The summed E-state index contributed by atoms with van der Waals surface area (Å²) in [6.45, 7) is 11.5. The molecule has 1 aromatic carbocycles. The van der Waals surface area contributed by atoms with Gasteiger partial charge in [-0.05, 0) is 32.4 Å². The molecule has 0 radical (unpaired) electrons. The SMILES string of the molecule is Cc1ccccc1-n1nc(C(C)(C)C)cc1NC(=O)CNC(=O)C(C)(C)CCl. The zero-order valence-corrected chi connectivity index (χ0v) is 18.1. The summed E-state index contributed by atoms with van der Waals surface area (Å²) < 4.78 is 1.73. The third-order valence-electron chi connectivity index (χ3n) is 4.45. The van der Waals surface area contributed by atoms with Crippen LogP contribution in [0.3, 0.4) is 0 Å². The van der Waals surface area contributed by atoms with Gasteiger partial charge in [0.1, 0.15) is 5.82 Å². The van der Waals surface area contributed by atoms with Crippen molar-refractivity contribution < 1.29 is 9.59 Å². The van der Waals surface area contributed by atoms with Crippen LogP contribution in [0.1, 0.15) is 45.9 Å². The van der Waals surface area contributed by atoms with Crippen LogP contribution in [-0.4, -0.2) is 34.0 Å². The van der Waals surface area contributed by atoms with Crippen molar-refractivity contribution in [2.45, 2.75) is 47.0 Å². The second kappa shape index (κ2) is 8.35. The Morgan fingerprint density at radius 2 is 1.79 bits per heavy atom. The van der Waals surface area contributed by atoms with E-state index in [2.05, 4.69) is 31.4 Å². The number of rotatable bonds is 6. The van der Waals surface area contributed by atoms with Crippen LogP contribution in [-0.2, 0) is 15.0 Å². The minimum Gasteiger partial charge on any atom is -0.347 e. The molecule has 1 heterocycles. The Balaban J connectivity index is 2.25. The molecule has 0 fully saturated rings. The minimum atomic E-state index is -0.732. The highest BCUT2D eigenvalue weighted by atomic mass is 35.5. The number of aryl methyl sites for hydroxylation is 1. The first-order valence-electron chi connectivity index (χ1n) is 9.26.